The third-order valence-corrected chi connectivity index (χ3v) is 5.21. The lowest BCUT2D eigenvalue weighted by atomic mass is 10.0. The average molecular weight is 339 g/mol. The highest BCUT2D eigenvalue weighted by atomic mass is 32.2. The van der Waals surface area contributed by atoms with Gasteiger partial charge < -0.3 is 10.2 Å². The highest BCUT2D eigenvalue weighted by Gasteiger charge is 2.25. The number of nitrogens with zero attached hydrogens (tertiary/aromatic N) is 3. The normalized spacial score (nSPS) is 20.2. The van der Waals surface area contributed by atoms with E-state index in [9.17, 15) is 8.42 Å². The minimum Gasteiger partial charge on any atom is -0.356 e. The summed E-state index contributed by atoms with van der Waals surface area (Å²) in [5.41, 5.74) is 2.42. The van der Waals surface area contributed by atoms with E-state index < -0.39 is 10.0 Å². The van der Waals surface area contributed by atoms with Crippen LogP contribution in [0.1, 0.15) is 29.9 Å². The Balaban J connectivity index is 1.77. The number of aryl methyl sites for hydroxylation is 1. The fraction of sp³-hybridized carbons (Fsp3) is 0.733. The Hall–Kier alpha value is -1.25. The number of piperidine rings is 1. The first-order valence-corrected chi connectivity index (χ1v) is 10.1. The van der Waals surface area contributed by atoms with Crippen LogP contribution in [-0.4, -0.2) is 56.9 Å². The highest BCUT2D eigenvalue weighted by Crippen LogP contribution is 2.26. The molecule has 8 heteroatoms. The van der Waals surface area contributed by atoms with Crippen molar-refractivity contribution in [3.63, 3.8) is 0 Å². The number of hydrogen-bond acceptors (Lipinski definition) is 6. The second kappa shape index (κ2) is 6.70. The minimum absolute atomic E-state index is 0.0319. The summed E-state index contributed by atoms with van der Waals surface area (Å²) in [5, 5.41) is 3.41. The van der Waals surface area contributed by atoms with Crippen molar-refractivity contribution < 1.29 is 8.42 Å². The van der Waals surface area contributed by atoms with Crippen LogP contribution in [-0.2, 0) is 22.9 Å². The molecule has 0 saturated carbocycles. The van der Waals surface area contributed by atoms with Crippen molar-refractivity contribution in [2.75, 3.05) is 37.3 Å². The zero-order valence-electron chi connectivity index (χ0n) is 13.8. The number of fused-ring (bicyclic) bond motifs is 1. The van der Waals surface area contributed by atoms with Crippen LogP contribution in [0.4, 0.5) is 5.82 Å². The van der Waals surface area contributed by atoms with E-state index in [-0.39, 0.29) is 6.04 Å². The molecule has 1 fully saturated rings. The number of rotatable bonds is 3. The molecule has 0 amide bonds. The summed E-state index contributed by atoms with van der Waals surface area (Å²) in [7, 11) is -3.13. The molecule has 2 aliphatic heterocycles. The molecule has 7 nitrogen and oxygen atoms in total. The molecule has 0 aromatic carbocycles. The molecule has 0 bridgehead atoms. The predicted octanol–water partition coefficient (Wildman–Crippen LogP) is -0.00878. The maximum Gasteiger partial charge on any atom is 0.208 e. The van der Waals surface area contributed by atoms with E-state index in [0.717, 1.165) is 69.2 Å². The van der Waals surface area contributed by atoms with Crippen LogP contribution in [0.25, 0.3) is 0 Å². The summed E-state index contributed by atoms with van der Waals surface area (Å²) in [4.78, 5) is 11.6. The monoisotopic (exact) mass is 339 g/mol. The Morgan fingerprint density at radius 1 is 1.17 bits per heavy atom. The van der Waals surface area contributed by atoms with Gasteiger partial charge in [0.05, 0.1) is 11.9 Å². The smallest absolute Gasteiger partial charge is 0.208 e. The molecule has 0 atom stereocenters. The van der Waals surface area contributed by atoms with Gasteiger partial charge in [0.15, 0.2) is 0 Å². The van der Waals surface area contributed by atoms with Gasteiger partial charge in [0.25, 0.3) is 0 Å². The molecule has 128 valence electrons. The molecular formula is C15H25N5O2S. The van der Waals surface area contributed by atoms with Crippen LogP contribution in [0.5, 0.6) is 0 Å². The standard InChI is InChI=1S/C15H25N5O2S/c1-11-17-14-4-8-16-7-3-13(14)15(18-11)20-9-5-12(6-10-20)19-23(2,21)22/h12,16,19H,3-10H2,1-2H3. The van der Waals surface area contributed by atoms with Crippen LogP contribution in [0.2, 0.25) is 0 Å². The summed E-state index contributed by atoms with van der Waals surface area (Å²) in [6, 6.07) is 0.0319. The third-order valence-electron chi connectivity index (χ3n) is 4.45. The van der Waals surface area contributed by atoms with Crippen LogP contribution in [0.3, 0.4) is 0 Å². The molecule has 23 heavy (non-hydrogen) atoms. The Labute approximate surface area is 137 Å². The Bertz CT molecular complexity index is 669. The van der Waals surface area contributed by atoms with E-state index in [4.69, 9.17) is 4.98 Å². The van der Waals surface area contributed by atoms with Crippen molar-refractivity contribution in [1.82, 2.24) is 20.0 Å². The van der Waals surface area contributed by atoms with Crippen molar-refractivity contribution in [2.45, 2.75) is 38.6 Å². The van der Waals surface area contributed by atoms with Gasteiger partial charge in [0.1, 0.15) is 11.6 Å². The zero-order chi connectivity index (χ0) is 16.4. The molecule has 1 aromatic rings. The van der Waals surface area contributed by atoms with E-state index in [1.807, 2.05) is 6.92 Å². The van der Waals surface area contributed by atoms with Crippen LogP contribution in [0, 0.1) is 6.92 Å². The molecule has 0 unspecified atom stereocenters. The van der Waals surface area contributed by atoms with E-state index in [1.165, 1.54) is 11.8 Å². The fourth-order valence-corrected chi connectivity index (χ4v) is 4.26. The van der Waals surface area contributed by atoms with Gasteiger partial charge in [-0.05, 0) is 32.7 Å². The molecule has 1 saturated heterocycles. The molecule has 2 aliphatic rings. The van der Waals surface area contributed by atoms with Crippen LogP contribution in [0.15, 0.2) is 0 Å². The maximum atomic E-state index is 11.4. The molecule has 3 rings (SSSR count). The first-order chi connectivity index (χ1) is 10.9. The van der Waals surface area contributed by atoms with Crippen LogP contribution < -0.4 is 14.9 Å². The quantitative estimate of drug-likeness (QED) is 0.805. The van der Waals surface area contributed by atoms with Crippen molar-refractivity contribution >= 4 is 15.8 Å². The molecule has 2 N–H and O–H groups in total. The van der Waals surface area contributed by atoms with Gasteiger partial charge in [-0.15, -0.1) is 0 Å². The molecule has 0 spiro atoms. The average Bonchev–Trinajstić information content (AvgIpc) is 2.71. The van der Waals surface area contributed by atoms with E-state index in [2.05, 4.69) is 19.9 Å². The van der Waals surface area contributed by atoms with Crippen LogP contribution >= 0.6 is 0 Å². The van der Waals surface area contributed by atoms with Gasteiger partial charge in [0, 0.05) is 37.7 Å². The maximum absolute atomic E-state index is 11.4. The summed E-state index contributed by atoms with van der Waals surface area (Å²) >= 11 is 0. The van der Waals surface area contributed by atoms with E-state index in [0.29, 0.717) is 0 Å². The second-order valence-corrected chi connectivity index (χ2v) is 8.20. The largest absolute Gasteiger partial charge is 0.356 e. The van der Waals surface area contributed by atoms with Gasteiger partial charge in [-0.1, -0.05) is 0 Å². The fourth-order valence-electron chi connectivity index (χ4n) is 3.42. The molecule has 0 aliphatic carbocycles. The first-order valence-electron chi connectivity index (χ1n) is 8.22. The van der Waals surface area contributed by atoms with E-state index >= 15 is 0 Å². The summed E-state index contributed by atoms with van der Waals surface area (Å²) in [6.45, 7) is 5.51. The number of anilines is 1. The molecule has 1 aromatic heterocycles. The summed E-state index contributed by atoms with van der Waals surface area (Å²) in [6.07, 6.45) is 4.73. The van der Waals surface area contributed by atoms with Crippen molar-refractivity contribution in [3.8, 4) is 0 Å². The van der Waals surface area contributed by atoms with Gasteiger partial charge >= 0.3 is 0 Å². The molecular weight excluding hydrogens is 314 g/mol. The Morgan fingerprint density at radius 3 is 2.57 bits per heavy atom. The second-order valence-electron chi connectivity index (χ2n) is 6.42. The Kier molecular flexibility index (Phi) is 4.84. The lowest BCUT2D eigenvalue weighted by Crippen LogP contribution is -2.45. The number of aromatic nitrogens is 2. The van der Waals surface area contributed by atoms with Crippen molar-refractivity contribution in [3.05, 3.63) is 17.1 Å². The number of sulfonamides is 1. The first kappa shape index (κ1) is 16.6. The molecule has 3 heterocycles. The van der Waals surface area contributed by atoms with Gasteiger partial charge in [0.2, 0.25) is 10.0 Å². The van der Waals surface area contributed by atoms with Crippen molar-refractivity contribution in [1.29, 1.82) is 0 Å². The lowest BCUT2D eigenvalue weighted by molar-refractivity contribution is 0.459. The topological polar surface area (TPSA) is 87.2 Å². The summed E-state index contributed by atoms with van der Waals surface area (Å²) < 4.78 is 25.5. The van der Waals surface area contributed by atoms with Gasteiger partial charge in [-0.2, -0.15) is 0 Å². The minimum atomic E-state index is -3.13. The number of nitrogens with one attached hydrogen (secondary N) is 2. The zero-order valence-corrected chi connectivity index (χ0v) is 14.6. The van der Waals surface area contributed by atoms with E-state index in [1.54, 1.807) is 0 Å². The highest BCUT2D eigenvalue weighted by molar-refractivity contribution is 7.88. The Morgan fingerprint density at radius 2 is 1.87 bits per heavy atom. The van der Waals surface area contributed by atoms with Gasteiger partial charge in [-0.25, -0.2) is 23.1 Å². The lowest BCUT2D eigenvalue weighted by Gasteiger charge is -2.34. The third kappa shape index (κ3) is 4.19. The number of hydrogen-bond donors (Lipinski definition) is 2. The van der Waals surface area contributed by atoms with Crippen molar-refractivity contribution in [2.24, 2.45) is 0 Å². The summed E-state index contributed by atoms with van der Waals surface area (Å²) in [5.74, 6) is 1.87. The molecule has 0 radical (unpaired) electrons. The SMILES string of the molecule is Cc1nc2c(c(N3CCC(NS(C)(=O)=O)CC3)n1)CCNCC2. The van der Waals surface area contributed by atoms with Gasteiger partial charge in [-0.3, -0.25) is 0 Å². The predicted molar refractivity (Wildman–Crippen MR) is 90.3 cm³/mol.